The maximum Gasteiger partial charge on any atom is 0.0674 e. The minimum atomic E-state index is -0.299. The zero-order valence-corrected chi connectivity index (χ0v) is 12.3. The summed E-state index contributed by atoms with van der Waals surface area (Å²) in [4.78, 5) is 1.23. The van der Waals surface area contributed by atoms with E-state index in [1.54, 1.807) is 11.8 Å². The van der Waals surface area contributed by atoms with Crippen molar-refractivity contribution in [2.24, 2.45) is 0 Å². The summed E-state index contributed by atoms with van der Waals surface area (Å²) in [6.07, 6.45) is 0.424. The molecule has 100 valence electrons. The van der Waals surface area contributed by atoms with Crippen LogP contribution in [0, 0.1) is 13.8 Å². The molecule has 1 atom stereocenters. The average Bonchev–Trinajstić information content (AvgIpc) is 2.36. The molecule has 0 heterocycles. The Bertz CT molecular complexity index is 536. The summed E-state index contributed by atoms with van der Waals surface area (Å²) in [5, 5.41) is 10.1. The molecule has 0 saturated heterocycles. The summed E-state index contributed by atoms with van der Waals surface area (Å²) in [5.41, 5.74) is 3.71. The molecule has 1 N–H and O–H groups in total. The Hall–Kier alpha value is -1.25. The van der Waals surface area contributed by atoms with Crippen LogP contribution in [0.25, 0.3) is 0 Å². The number of thioether (sulfide) groups is 1. The lowest BCUT2D eigenvalue weighted by molar-refractivity contribution is 0.200. The van der Waals surface area contributed by atoms with Crippen molar-refractivity contribution in [3.63, 3.8) is 0 Å². The number of aliphatic hydroxyl groups excluding tert-OH is 1. The second-order valence-corrected chi connectivity index (χ2v) is 6.07. The minimum Gasteiger partial charge on any atom is -0.392 e. The van der Waals surface area contributed by atoms with Gasteiger partial charge in [-0.15, -0.1) is 11.8 Å². The number of aliphatic hydroxyl groups is 1. The van der Waals surface area contributed by atoms with Crippen molar-refractivity contribution in [3.05, 3.63) is 65.2 Å². The van der Waals surface area contributed by atoms with E-state index in [-0.39, 0.29) is 6.10 Å². The molecule has 0 aliphatic rings. The van der Waals surface area contributed by atoms with E-state index in [0.29, 0.717) is 0 Å². The molecular formula is C17H20OS. The molecule has 0 saturated carbocycles. The molecule has 0 aliphatic heterocycles. The highest BCUT2D eigenvalue weighted by Gasteiger charge is 2.07. The van der Waals surface area contributed by atoms with E-state index in [0.717, 1.165) is 12.2 Å². The smallest absolute Gasteiger partial charge is 0.0674 e. The third kappa shape index (κ3) is 4.73. The third-order valence-corrected chi connectivity index (χ3v) is 4.12. The Labute approximate surface area is 119 Å². The molecule has 0 bridgehead atoms. The summed E-state index contributed by atoms with van der Waals surface area (Å²) < 4.78 is 0. The number of rotatable bonds is 5. The van der Waals surface area contributed by atoms with Gasteiger partial charge in [0.05, 0.1) is 6.10 Å². The third-order valence-electron chi connectivity index (χ3n) is 2.99. The lowest BCUT2D eigenvalue weighted by Crippen LogP contribution is -2.13. The van der Waals surface area contributed by atoms with Crippen LogP contribution >= 0.6 is 11.8 Å². The molecular weight excluding hydrogens is 252 g/mol. The molecule has 2 rings (SSSR count). The van der Waals surface area contributed by atoms with Crippen molar-refractivity contribution in [1.82, 2.24) is 0 Å². The van der Waals surface area contributed by atoms with Gasteiger partial charge in [0.25, 0.3) is 0 Å². The second kappa shape index (κ2) is 6.78. The van der Waals surface area contributed by atoms with Crippen molar-refractivity contribution < 1.29 is 5.11 Å². The summed E-state index contributed by atoms with van der Waals surface area (Å²) in [6, 6.07) is 16.7. The fourth-order valence-electron chi connectivity index (χ4n) is 2.07. The van der Waals surface area contributed by atoms with Gasteiger partial charge in [-0.2, -0.15) is 0 Å². The number of hydrogen-bond acceptors (Lipinski definition) is 2. The zero-order chi connectivity index (χ0) is 13.7. The topological polar surface area (TPSA) is 20.2 Å². The first-order valence-electron chi connectivity index (χ1n) is 6.56. The monoisotopic (exact) mass is 272 g/mol. The molecule has 0 radical (unpaired) electrons. The zero-order valence-electron chi connectivity index (χ0n) is 11.5. The predicted molar refractivity (Wildman–Crippen MR) is 82.8 cm³/mol. The molecule has 1 unspecified atom stereocenters. The Morgan fingerprint density at radius 2 is 1.68 bits per heavy atom. The van der Waals surface area contributed by atoms with Crippen molar-refractivity contribution in [2.75, 3.05) is 5.75 Å². The lowest BCUT2D eigenvalue weighted by atomic mass is 10.1. The van der Waals surface area contributed by atoms with Gasteiger partial charge in [-0.25, -0.2) is 0 Å². The van der Waals surface area contributed by atoms with Crippen molar-refractivity contribution >= 4 is 11.8 Å². The van der Waals surface area contributed by atoms with E-state index in [1.807, 2.05) is 6.07 Å². The summed E-state index contributed by atoms with van der Waals surface area (Å²) in [7, 11) is 0. The lowest BCUT2D eigenvalue weighted by Gasteiger charge is -2.11. The van der Waals surface area contributed by atoms with Crippen molar-refractivity contribution in [2.45, 2.75) is 31.3 Å². The number of benzene rings is 2. The van der Waals surface area contributed by atoms with Crippen LogP contribution in [0.4, 0.5) is 0 Å². The highest BCUT2D eigenvalue weighted by atomic mass is 32.2. The highest BCUT2D eigenvalue weighted by Crippen LogP contribution is 2.20. The van der Waals surface area contributed by atoms with Crippen molar-refractivity contribution in [1.29, 1.82) is 0 Å². The van der Waals surface area contributed by atoms with Gasteiger partial charge in [0, 0.05) is 10.6 Å². The quantitative estimate of drug-likeness (QED) is 0.830. The van der Waals surface area contributed by atoms with Gasteiger partial charge in [0.2, 0.25) is 0 Å². The predicted octanol–water partition coefficient (Wildman–Crippen LogP) is 4.00. The summed E-state index contributed by atoms with van der Waals surface area (Å²) >= 11 is 1.72. The van der Waals surface area contributed by atoms with Gasteiger partial charge in [0.1, 0.15) is 0 Å². The average molecular weight is 272 g/mol. The molecule has 0 spiro atoms. The van der Waals surface area contributed by atoms with Crippen LogP contribution in [0.2, 0.25) is 0 Å². The first-order valence-corrected chi connectivity index (χ1v) is 7.55. The first-order chi connectivity index (χ1) is 9.13. The highest BCUT2D eigenvalue weighted by molar-refractivity contribution is 7.99. The van der Waals surface area contributed by atoms with Gasteiger partial charge < -0.3 is 5.11 Å². The van der Waals surface area contributed by atoms with Gasteiger partial charge >= 0.3 is 0 Å². The van der Waals surface area contributed by atoms with E-state index in [9.17, 15) is 5.11 Å². The largest absolute Gasteiger partial charge is 0.392 e. The summed E-state index contributed by atoms with van der Waals surface area (Å²) in [6.45, 7) is 4.17. The Morgan fingerprint density at radius 1 is 1.00 bits per heavy atom. The molecule has 2 aromatic carbocycles. The van der Waals surface area contributed by atoms with Crippen LogP contribution in [-0.4, -0.2) is 17.0 Å². The number of hydrogen-bond donors (Lipinski definition) is 1. The molecule has 1 nitrogen and oxygen atoms in total. The van der Waals surface area contributed by atoms with Gasteiger partial charge in [-0.3, -0.25) is 0 Å². The van der Waals surface area contributed by atoms with Crippen LogP contribution in [0.1, 0.15) is 16.7 Å². The van der Waals surface area contributed by atoms with Crippen LogP contribution in [0.15, 0.2) is 53.4 Å². The molecule has 0 aliphatic carbocycles. The standard InChI is InChI=1S/C17H20OS/c1-13-5-3-7-15(9-13)11-16(18)12-19-17-8-4-6-14(2)10-17/h3-10,16,18H,11-12H2,1-2H3. The van der Waals surface area contributed by atoms with E-state index < -0.39 is 0 Å². The van der Waals surface area contributed by atoms with Crippen LogP contribution in [0.5, 0.6) is 0 Å². The second-order valence-electron chi connectivity index (χ2n) is 4.97. The maximum absolute atomic E-state index is 10.1. The molecule has 0 aromatic heterocycles. The molecule has 2 heteroatoms. The van der Waals surface area contributed by atoms with E-state index in [4.69, 9.17) is 0 Å². The fraction of sp³-hybridized carbons (Fsp3) is 0.294. The Balaban J connectivity index is 1.86. The fourth-order valence-corrected chi connectivity index (χ4v) is 3.01. The van der Waals surface area contributed by atoms with Crippen LogP contribution in [0.3, 0.4) is 0 Å². The van der Waals surface area contributed by atoms with E-state index in [2.05, 4.69) is 56.3 Å². The Morgan fingerprint density at radius 3 is 2.37 bits per heavy atom. The molecule has 0 fully saturated rings. The van der Waals surface area contributed by atoms with Crippen LogP contribution in [-0.2, 0) is 6.42 Å². The van der Waals surface area contributed by atoms with Gasteiger partial charge in [0.15, 0.2) is 0 Å². The molecule has 0 amide bonds. The Kier molecular flexibility index (Phi) is 5.06. The summed E-state index contributed by atoms with van der Waals surface area (Å²) in [5.74, 6) is 0.734. The SMILES string of the molecule is Cc1cccc(CC(O)CSc2cccc(C)c2)c1. The van der Waals surface area contributed by atoms with Crippen molar-refractivity contribution in [3.8, 4) is 0 Å². The maximum atomic E-state index is 10.1. The van der Waals surface area contributed by atoms with E-state index >= 15 is 0 Å². The van der Waals surface area contributed by atoms with Gasteiger partial charge in [-0.1, -0.05) is 47.5 Å². The normalized spacial score (nSPS) is 12.4. The van der Waals surface area contributed by atoms with E-state index in [1.165, 1.54) is 21.6 Å². The number of aryl methyl sites for hydroxylation is 2. The minimum absolute atomic E-state index is 0.299. The van der Waals surface area contributed by atoms with Crippen LogP contribution < -0.4 is 0 Å². The molecule has 2 aromatic rings. The first kappa shape index (κ1) is 14.2. The van der Waals surface area contributed by atoms with Gasteiger partial charge in [-0.05, 0) is 38.0 Å². The molecule has 19 heavy (non-hydrogen) atoms.